The standard InChI is InChI=1S/C20H21N7O3S2/c1-3-8-26-17(23-24-20(26)31)16-12(2)21-19(32-16)22-18(28)13-6-7-14(15(11-13)27(29)30)25-9-4-5-10-25/h3,6-7,11H,1,4-5,8-10H2,2H3,(H,24,31)(H,21,22,28). The first-order chi connectivity index (χ1) is 15.4. The number of hydrogen-bond acceptors (Lipinski definition) is 8. The molecule has 1 aliphatic heterocycles. The summed E-state index contributed by atoms with van der Waals surface area (Å²) in [7, 11) is 0. The molecule has 0 radical (unpaired) electrons. The van der Waals surface area contributed by atoms with Crippen LogP contribution in [0.5, 0.6) is 0 Å². The van der Waals surface area contributed by atoms with Crippen LogP contribution in [0, 0.1) is 21.8 Å². The average Bonchev–Trinajstić information content (AvgIpc) is 3.50. The number of H-pyrrole nitrogens is 1. The second-order valence-corrected chi connectivity index (χ2v) is 8.68. The van der Waals surface area contributed by atoms with Crippen molar-refractivity contribution in [2.75, 3.05) is 23.3 Å². The van der Waals surface area contributed by atoms with Crippen LogP contribution in [0.4, 0.5) is 16.5 Å². The van der Waals surface area contributed by atoms with Gasteiger partial charge in [0.1, 0.15) is 5.69 Å². The number of nitrogens with zero attached hydrogens (tertiary/aromatic N) is 5. The Kier molecular flexibility index (Phi) is 6.15. The fraction of sp³-hybridized carbons (Fsp3) is 0.300. The van der Waals surface area contributed by atoms with Gasteiger partial charge in [-0.1, -0.05) is 17.4 Å². The van der Waals surface area contributed by atoms with Crippen molar-refractivity contribution in [3.8, 4) is 10.7 Å². The number of rotatable bonds is 7. The molecule has 1 aliphatic rings. The highest BCUT2D eigenvalue weighted by Gasteiger charge is 2.24. The maximum Gasteiger partial charge on any atom is 0.293 e. The Bertz CT molecular complexity index is 1250. The van der Waals surface area contributed by atoms with Gasteiger partial charge in [0.25, 0.3) is 11.6 Å². The van der Waals surface area contributed by atoms with Crippen LogP contribution >= 0.6 is 23.6 Å². The lowest BCUT2D eigenvalue weighted by atomic mass is 10.1. The van der Waals surface area contributed by atoms with Gasteiger partial charge < -0.3 is 4.90 Å². The molecule has 4 rings (SSSR count). The van der Waals surface area contributed by atoms with E-state index in [-0.39, 0.29) is 11.3 Å². The predicted molar refractivity (Wildman–Crippen MR) is 126 cm³/mol. The van der Waals surface area contributed by atoms with E-state index in [1.165, 1.54) is 17.4 Å². The Balaban J connectivity index is 1.59. The van der Waals surface area contributed by atoms with Crippen molar-refractivity contribution < 1.29 is 9.72 Å². The van der Waals surface area contributed by atoms with E-state index in [1.54, 1.807) is 22.8 Å². The van der Waals surface area contributed by atoms with Crippen molar-refractivity contribution in [2.24, 2.45) is 0 Å². The van der Waals surface area contributed by atoms with Gasteiger partial charge in [0, 0.05) is 31.3 Å². The first kappa shape index (κ1) is 21.8. The molecule has 1 aromatic carbocycles. The molecule has 166 valence electrons. The molecule has 0 unspecified atom stereocenters. The van der Waals surface area contributed by atoms with Crippen molar-refractivity contribution in [1.82, 2.24) is 19.7 Å². The zero-order valence-electron chi connectivity index (χ0n) is 17.3. The van der Waals surface area contributed by atoms with E-state index in [9.17, 15) is 14.9 Å². The minimum atomic E-state index is -0.466. The van der Waals surface area contributed by atoms with Gasteiger partial charge in [-0.05, 0) is 44.1 Å². The molecule has 0 spiro atoms. The first-order valence-corrected chi connectivity index (χ1v) is 11.2. The number of nitro benzene ring substituents is 1. The van der Waals surface area contributed by atoms with E-state index < -0.39 is 10.8 Å². The molecule has 1 saturated heterocycles. The number of aromatic amines is 1. The first-order valence-electron chi connectivity index (χ1n) is 9.97. The van der Waals surface area contributed by atoms with Gasteiger partial charge in [0.2, 0.25) is 0 Å². The summed E-state index contributed by atoms with van der Waals surface area (Å²) in [4.78, 5) is 31.1. The average molecular weight is 472 g/mol. The number of anilines is 2. The molecule has 3 heterocycles. The Hall–Kier alpha value is -3.38. The van der Waals surface area contributed by atoms with E-state index >= 15 is 0 Å². The summed E-state index contributed by atoms with van der Waals surface area (Å²) in [5, 5.41) is 21.8. The van der Waals surface area contributed by atoms with Crippen LogP contribution in [0.3, 0.4) is 0 Å². The van der Waals surface area contributed by atoms with Crippen molar-refractivity contribution >= 4 is 46.0 Å². The maximum atomic E-state index is 12.8. The van der Waals surface area contributed by atoms with Gasteiger partial charge in [-0.15, -0.1) is 6.58 Å². The molecule has 1 fully saturated rings. The van der Waals surface area contributed by atoms with Crippen LogP contribution in [-0.4, -0.2) is 43.7 Å². The summed E-state index contributed by atoms with van der Waals surface area (Å²) in [5.41, 5.74) is 1.35. The van der Waals surface area contributed by atoms with Crippen molar-refractivity contribution in [3.63, 3.8) is 0 Å². The molecule has 2 N–H and O–H groups in total. The van der Waals surface area contributed by atoms with Crippen molar-refractivity contribution in [1.29, 1.82) is 0 Å². The van der Waals surface area contributed by atoms with E-state index in [2.05, 4.69) is 27.1 Å². The number of benzene rings is 1. The Labute approximate surface area is 192 Å². The van der Waals surface area contributed by atoms with Crippen LogP contribution in [0.25, 0.3) is 10.7 Å². The lowest BCUT2D eigenvalue weighted by molar-refractivity contribution is -0.384. The van der Waals surface area contributed by atoms with E-state index in [0.717, 1.165) is 30.8 Å². The second kappa shape index (κ2) is 9.01. The monoisotopic (exact) mass is 471 g/mol. The number of hydrogen-bond donors (Lipinski definition) is 2. The van der Waals surface area contributed by atoms with Crippen LogP contribution in [-0.2, 0) is 6.54 Å². The summed E-state index contributed by atoms with van der Waals surface area (Å²) in [5.74, 6) is 0.141. The fourth-order valence-electron chi connectivity index (χ4n) is 3.65. The summed E-state index contributed by atoms with van der Waals surface area (Å²) >= 11 is 6.51. The van der Waals surface area contributed by atoms with Crippen LogP contribution in [0.15, 0.2) is 30.9 Å². The largest absolute Gasteiger partial charge is 0.366 e. The minimum absolute atomic E-state index is 0.0736. The Morgan fingerprint density at radius 3 is 2.88 bits per heavy atom. The molecule has 0 bridgehead atoms. The normalized spacial score (nSPS) is 13.3. The Morgan fingerprint density at radius 2 is 2.19 bits per heavy atom. The zero-order valence-corrected chi connectivity index (χ0v) is 19.0. The van der Waals surface area contributed by atoms with Gasteiger partial charge in [-0.2, -0.15) is 5.10 Å². The van der Waals surface area contributed by atoms with Gasteiger partial charge in [-0.25, -0.2) is 4.98 Å². The van der Waals surface area contributed by atoms with E-state index in [1.807, 2.05) is 11.8 Å². The zero-order chi connectivity index (χ0) is 22.8. The maximum absolute atomic E-state index is 12.8. The van der Waals surface area contributed by atoms with Gasteiger partial charge in [0.15, 0.2) is 15.7 Å². The number of aromatic nitrogens is 4. The number of nitrogens with one attached hydrogen (secondary N) is 2. The van der Waals surface area contributed by atoms with Gasteiger partial charge in [0.05, 0.1) is 15.5 Å². The Morgan fingerprint density at radius 1 is 1.44 bits per heavy atom. The highest BCUT2D eigenvalue weighted by molar-refractivity contribution is 7.71. The lowest BCUT2D eigenvalue weighted by Crippen LogP contribution is -2.19. The van der Waals surface area contributed by atoms with Gasteiger partial charge >= 0.3 is 0 Å². The highest BCUT2D eigenvalue weighted by Crippen LogP contribution is 2.34. The molecule has 3 aromatic rings. The molecule has 0 saturated carbocycles. The van der Waals surface area contributed by atoms with E-state index in [4.69, 9.17) is 12.2 Å². The van der Waals surface area contributed by atoms with E-state index in [0.29, 0.717) is 33.7 Å². The topological polar surface area (TPSA) is 122 Å². The van der Waals surface area contributed by atoms with Crippen molar-refractivity contribution in [2.45, 2.75) is 26.3 Å². The second-order valence-electron chi connectivity index (χ2n) is 7.29. The molecular weight excluding hydrogens is 450 g/mol. The number of aryl methyl sites for hydroxylation is 1. The molecule has 0 aliphatic carbocycles. The summed E-state index contributed by atoms with van der Waals surface area (Å²) in [6.07, 6.45) is 3.72. The molecule has 12 heteroatoms. The molecule has 32 heavy (non-hydrogen) atoms. The third kappa shape index (κ3) is 4.18. The van der Waals surface area contributed by atoms with Crippen LogP contribution in [0.2, 0.25) is 0 Å². The van der Waals surface area contributed by atoms with Crippen LogP contribution < -0.4 is 10.2 Å². The van der Waals surface area contributed by atoms with Crippen molar-refractivity contribution in [3.05, 3.63) is 57.0 Å². The number of carbonyl (C=O) groups is 1. The molecular formula is C20H21N7O3S2. The molecule has 10 nitrogen and oxygen atoms in total. The number of thiazole rings is 1. The summed E-state index contributed by atoms with van der Waals surface area (Å²) in [6.45, 7) is 7.58. The molecule has 2 aromatic heterocycles. The minimum Gasteiger partial charge on any atom is -0.366 e. The number of carbonyl (C=O) groups excluding carboxylic acids is 1. The number of allylic oxidation sites excluding steroid dienone is 1. The fourth-order valence-corrected chi connectivity index (χ4v) is 4.82. The smallest absolute Gasteiger partial charge is 0.293 e. The SMILES string of the molecule is C=CCn1c(-c2sc(NC(=O)c3ccc(N4CCCC4)c([N+](=O)[O-])c3)nc2C)n[nH]c1=S. The van der Waals surface area contributed by atoms with Gasteiger partial charge in [-0.3, -0.25) is 29.9 Å². The molecule has 0 atom stereocenters. The third-order valence-electron chi connectivity index (χ3n) is 5.17. The summed E-state index contributed by atoms with van der Waals surface area (Å²) < 4.78 is 2.25. The summed E-state index contributed by atoms with van der Waals surface area (Å²) in [6, 6.07) is 4.57. The van der Waals surface area contributed by atoms with Crippen LogP contribution in [0.1, 0.15) is 28.9 Å². The molecule has 1 amide bonds. The highest BCUT2D eigenvalue weighted by atomic mass is 32.1. The number of nitro groups is 1. The third-order valence-corrected chi connectivity index (χ3v) is 6.55. The number of amides is 1. The lowest BCUT2D eigenvalue weighted by Gasteiger charge is -2.17. The quantitative estimate of drug-likeness (QED) is 0.228. The predicted octanol–water partition coefficient (Wildman–Crippen LogP) is 4.32.